The molecule has 0 unspecified atom stereocenters. The smallest absolute Gasteiger partial charge is 0.238 e. The van der Waals surface area contributed by atoms with Crippen LogP contribution in [0.15, 0.2) is 18.2 Å². The molecule has 70 valence electrons. The summed E-state index contributed by atoms with van der Waals surface area (Å²) < 4.78 is 0. The second-order valence-corrected chi connectivity index (χ2v) is 2.87. The van der Waals surface area contributed by atoms with E-state index in [0.717, 1.165) is 11.1 Å². The number of amides is 1. The highest BCUT2D eigenvalue weighted by molar-refractivity contribution is 5.77. The molecule has 0 aliphatic heterocycles. The number of hydrogen-bond acceptors (Lipinski definition) is 3. The van der Waals surface area contributed by atoms with Crippen molar-refractivity contribution >= 4 is 5.91 Å². The number of aryl methyl sites for hydroxylation is 1. The summed E-state index contributed by atoms with van der Waals surface area (Å²) in [6.07, 6.45) is 0.234. The molecule has 0 atom stereocenters. The summed E-state index contributed by atoms with van der Waals surface area (Å²) in [5.74, 6) is 4.93. The van der Waals surface area contributed by atoms with Gasteiger partial charge < -0.3 is 5.11 Å². The lowest BCUT2D eigenvalue weighted by molar-refractivity contribution is -0.120. The van der Waals surface area contributed by atoms with Crippen molar-refractivity contribution in [2.24, 2.45) is 5.84 Å². The predicted molar refractivity (Wildman–Crippen MR) is 48.9 cm³/mol. The lowest BCUT2D eigenvalue weighted by atomic mass is 10.1. The summed E-state index contributed by atoms with van der Waals surface area (Å²) in [6.45, 7) is 1.78. The number of hydrogen-bond donors (Lipinski definition) is 3. The van der Waals surface area contributed by atoms with Crippen molar-refractivity contribution in [3.63, 3.8) is 0 Å². The molecule has 0 aliphatic carbocycles. The number of aromatic hydroxyl groups is 1. The van der Waals surface area contributed by atoms with Gasteiger partial charge in [0.05, 0.1) is 6.42 Å². The first kappa shape index (κ1) is 9.54. The second-order valence-electron chi connectivity index (χ2n) is 2.87. The fourth-order valence-corrected chi connectivity index (χ4v) is 1.06. The van der Waals surface area contributed by atoms with Crippen molar-refractivity contribution in [2.45, 2.75) is 13.3 Å². The van der Waals surface area contributed by atoms with E-state index in [9.17, 15) is 9.90 Å². The van der Waals surface area contributed by atoms with Crippen LogP contribution >= 0.6 is 0 Å². The van der Waals surface area contributed by atoms with E-state index in [1.165, 1.54) is 0 Å². The van der Waals surface area contributed by atoms with Crippen molar-refractivity contribution < 1.29 is 9.90 Å². The van der Waals surface area contributed by atoms with E-state index in [0.29, 0.717) is 0 Å². The summed E-state index contributed by atoms with van der Waals surface area (Å²) >= 11 is 0. The quantitative estimate of drug-likeness (QED) is 0.346. The van der Waals surface area contributed by atoms with Crippen LogP contribution in [0.3, 0.4) is 0 Å². The highest BCUT2D eigenvalue weighted by atomic mass is 16.3. The van der Waals surface area contributed by atoms with Crippen molar-refractivity contribution in [1.82, 2.24) is 5.43 Å². The summed E-state index contributed by atoms with van der Waals surface area (Å²) in [4.78, 5) is 10.9. The maximum atomic E-state index is 10.9. The lowest BCUT2D eigenvalue weighted by Crippen LogP contribution is -2.31. The average Bonchev–Trinajstić information content (AvgIpc) is 2.11. The molecule has 0 aromatic heterocycles. The molecular weight excluding hydrogens is 168 g/mol. The van der Waals surface area contributed by atoms with Gasteiger partial charge in [-0.25, -0.2) is 5.84 Å². The van der Waals surface area contributed by atoms with E-state index in [-0.39, 0.29) is 18.1 Å². The number of nitrogens with two attached hydrogens (primary N) is 1. The monoisotopic (exact) mass is 180 g/mol. The van der Waals surface area contributed by atoms with Gasteiger partial charge in [0.15, 0.2) is 0 Å². The van der Waals surface area contributed by atoms with E-state index >= 15 is 0 Å². The second kappa shape index (κ2) is 3.91. The molecule has 1 aromatic carbocycles. The number of phenolic OH excluding ortho intramolecular Hbond substituents is 1. The summed E-state index contributed by atoms with van der Waals surface area (Å²) in [7, 11) is 0. The summed E-state index contributed by atoms with van der Waals surface area (Å²) in [5, 5.41) is 9.21. The maximum Gasteiger partial charge on any atom is 0.238 e. The van der Waals surface area contributed by atoms with Crippen LogP contribution in [0.5, 0.6) is 5.75 Å². The fourth-order valence-electron chi connectivity index (χ4n) is 1.06. The molecule has 0 saturated carbocycles. The molecule has 4 N–H and O–H groups in total. The van der Waals surface area contributed by atoms with Crippen molar-refractivity contribution in [1.29, 1.82) is 0 Å². The molecule has 0 saturated heterocycles. The Kier molecular flexibility index (Phi) is 2.87. The predicted octanol–water partition coefficient (Wildman–Crippen LogP) is 0.233. The van der Waals surface area contributed by atoms with Gasteiger partial charge in [-0.3, -0.25) is 10.2 Å². The standard InChI is InChI=1S/C9H12N2O2/c1-6-4-7(2-3-8(6)12)5-9(13)11-10/h2-4,12H,5,10H2,1H3,(H,11,13). The summed E-state index contributed by atoms with van der Waals surface area (Å²) in [6, 6.07) is 5.01. The highest BCUT2D eigenvalue weighted by Crippen LogP contribution is 2.16. The largest absolute Gasteiger partial charge is 0.508 e. The molecule has 0 fully saturated rings. The Labute approximate surface area is 76.3 Å². The zero-order chi connectivity index (χ0) is 9.84. The number of rotatable bonds is 2. The Morgan fingerprint density at radius 1 is 1.62 bits per heavy atom. The Morgan fingerprint density at radius 2 is 2.31 bits per heavy atom. The number of benzene rings is 1. The van der Waals surface area contributed by atoms with Crippen molar-refractivity contribution in [3.8, 4) is 5.75 Å². The van der Waals surface area contributed by atoms with Gasteiger partial charge in [-0.1, -0.05) is 12.1 Å². The molecular formula is C9H12N2O2. The van der Waals surface area contributed by atoms with Gasteiger partial charge in [0.2, 0.25) is 5.91 Å². The number of carbonyl (C=O) groups is 1. The van der Waals surface area contributed by atoms with E-state index < -0.39 is 0 Å². The van der Waals surface area contributed by atoms with Gasteiger partial charge >= 0.3 is 0 Å². The molecule has 0 bridgehead atoms. The Balaban J connectivity index is 2.79. The van der Waals surface area contributed by atoms with Gasteiger partial charge in [0.25, 0.3) is 0 Å². The lowest BCUT2D eigenvalue weighted by Gasteiger charge is -2.03. The van der Waals surface area contributed by atoms with E-state index in [1.54, 1.807) is 25.1 Å². The Hall–Kier alpha value is -1.55. The molecule has 4 nitrogen and oxygen atoms in total. The maximum absolute atomic E-state index is 10.9. The van der Waals surface area contributed by atoms with Gasteiger partial charge in [0, 0.05) is 0 Å². The van der Waals surface area contributed by atoms with Crippen LogP contribution in [0.1, 0.15) is 11.1 Å². The fraction of sp³-hybridized carbons (Fsp3) is 0.222. The van der Waals surface area contributed by atoms with Crippen LogP contribution in [0, 0.1) is 6.92 Å². The third-order valence-electron chi connectivity index (χ3n) is 1.79. The molecule has 0 aliphatic rings. The topological polar surface area (TPSA) is 75.4 Å². The Morgan fingerprint density at radius 3 is 2.85 bits per heavy atom. The SMILES string of the molecule is Cc1cc(CC(=O)NN)ccc1O. The van der Waals surface area contributed by atoms with Gasteiger partial charge in [-0.2, -0.15) is 0 Å². The molecule has 1 amide bonds. The van der Waals surface area contributed by atoms with Crippen molar-refractivity contribution in [2.75, 3.05) is 0 Å². The molecule has 1 rings (SSSR count). The van der Waals surface area contributed by atoms with Crippen LogP contribution in [-0.2, 0) is 11.2 Å². The number of hydrazine groups is 1. The summed E-state index contributed by atoms with van der Waals surface area (Å²) in [5.41, 5.74) is 3.63. The normalized spacial score (nSPS) is 9.69. The number of nitrogens with one attached hydrogen (secondary N) is 1. The van der Waals surface area contributed by atoms with E-state index in [2.05, 4.69) is 0 Å². The van der Waals surface area contributed by atoms with Crippen LogP contribution in [0.2, 0.25) is 0 Å². The van der Waals surface area contributed by atoms with E-state index in [1.807, 2.05) is 5.43 Å². The van der Waals surface area contributed by atoms with Crippen LogP contribution in [0.4, 0.5) is 0 Å². The molecule has 4 heteroatoms. The minimum Gasteiger partial charge on any atom is -0.508 e. The molecule has 0 radical (unpaired) electrons. The highest BCUT2D eigenvalue weighted by Gasteiger charge is 2.02. The minimum atomic E-state index is -0.245. The van der Waals surface area contributed by atoms with Gasteiger partial charge in [0.1, 0.15) is 5.75 Å². The average molecular weight is 180 g/mol. The zero-order valence-electron chi connectivity index (χ0n) is 7.37. The van der Waals surface area contributed by atoms with Crippen LogP contribution in [0.25, 0.3) is 0 Å². The van der Waals surface area contributed by atoms with Crippen LogP contribution < -0.4 is 11.3 Å². The first-order valence-corrected chi connectivity index (χ1v) is 3.91. The first-order chi connectivity index (χ1) is 6.13. The zero-order valence-corrected chi connectivity index (χ0v) is 7.37. The van der Waals surface area contributed by atoms with Gasteiger partial charge in [-0.15, -0.1) is 0 Å². The minimum absolute atomic E-state index is 0.233. The third kappa shape index (κ3) is 2.45. The molecule has 0 spiro atoms. The molecule has 13 heavy (non-hydrogen) atoms. The third-order valence-corrected chi connectivity index (χ3v) is 1.79. The van der Waals surface area contributed by atoms with Crippen molar-refractivity contribution in [3.05, 3.63) is 29.3 Å². The molecule has 1 aromatic rings. The van der Waals surface area contributed by atoms with E-state index in [4.69, 9.17) is 5.84 Å². The number of phenols is 1. The van der Waals surface area contributed by atoms with Crippen LogP contribution in [-0.4, -0.2) is 11.0 Å². The Bertz CT molecular complexity index is 323. The number of carbonyl (C=O) groups excluding carboxylic acids is 1. The molecule has 0 heterocycles. The van der Waals surface area contributed by atoms with Gasteiger partial charge in [-0.05, 0) is 24.1 Å². The first-order valence-electron chi connectivity index (χ1n) is 3.91.